The molecule has 1 aliphatic rings. The third-order valence-corrected chi connectivity index (χ3v) is 3.46. The van der Waals surface area contributed by atoms with Gasteiger partial charge in [-0.15, -0.1) is 6.58 Å². The predicted molar refractivity (Wildman–Crippen MR) is 63.4 cm³/mol. The zero-order valence-electron chi connectivity index (χ0n) is 9.76. The maximum absolute atomic E-state index is 3.76. The molecule has 2 atom stereocenters. The predicted octanol–water partition coefficient (Wildman–Crippen LogP) is 3.51. The molecule has 1 nitrogen and oxygen atoms in total. The first-order valence-electron chi connectivity index (χ1n) is 6.11. The van der Waals surface area contributed by atoms with Gasteiger partial charge in [-0.3, -0.25) is 0 Å². The van der Waals surface area contributed by atoms with Gasteiger partial charge in [-0.1, -0.05) is 18.9 Å². The topological polar surface area (TPSA) is 12.0 Å². The Morgan fingerprint density at radius 3 is 2.57 bits per heavy atom. The van der Waals surface area contributed by atoms with Crippen molar-refractivity contribution in [3.05, 3.63) is 12.7 Å². The van der Waals surface area contributed by atoms with E-state index >= 15 is 0 Å². The van der Waals surface area contributed by atoms with E-state index < -0.39 is 0 Å². The molecule has 1 unspecified atom stereocenters. The van der Waals surface area contributed by atoms with Gasteiger partial charge in [0.1, 0.15) is 0 Å². The van der Waals surface area contributed by atoms with E-state index in [0.29, 0.717) is 12.1 Å². The molecule has 0 bridgehead atoms. The molecule has 82 valence electrons. The Morgan fingerprint density at radius 2 is 2.00 bits per heavy atom. The van der Waals surface area contributed by atoms with Gasteiger partial charge in [-0.2, -0.15) is 0 Å². The summed E-state index contributed by atoms with van der Waals surface area (Å²) in [7, 11) is 0. The van der Waals surface area contributed by atoms with Crippen LogP contribution in [0.15, 0.2) is 12.7 Å². The van der Waals surface area contributed by atoms with Crippen LogP contribution in [0.1, 0.15) is 52.4 Å². The lowest BCUT2D eigenvalue weighted by Gasteiger charge is -2.24. The summed E-state index contributed by atoms with van der Waals surface area (Å²) in [5.41, 5.74) is 0. The van der Waals surface area contributed by atoms with E-state index in [2.05, 4.69) is 25.7 Å². The summed E-state index contributed by atoms with van der Waals surface area (Å²) < 4.78 is 0. The van der Waals surface area contributed by atoms with E-state index in [4.69, 9.17) is 0 Å². The molecule has 0 saturated heterocycles. The van der Waals surface area contributed by atoms with Gasteiger partial charge in [0.2, 0.25) is 0 Å². The lowest BCUT2D eigenvalue weighted by molar-refractivity contribution is 0.342. The number of allylic oxidation sites excluding steroid dienone is 1. The Morgan fingerprint density at radius 1 is 1.36 bits per heavy atom. The quantitative estimate of drug-likeness (QED) is 0.640. The summed E-state index contributed by atoms with van der Waals surface area (Å²) in [5, 5.41) is 3.71. The van der Waals surface area contributed by atoms with E-state index in [0.717, 1.165) is 12.3 Å². The molecule has 0 aromatic heterocycles. The van der Waals surface area contributed by atoms with Gasteiger partial charge >= 0.3 is 0 Å². The third-order valence-electron chi connectivity index (χ3n) is 3.46. The van der Waals surface area contributed by atoms with Crippen LogP contribution in [0.25, 0.3) is 0 Å². The van der Waals surface area contributed by atoms with E-state index in [-0.39, 0.29) is 0 Å². The minimum absolute atomic E-state index is 0.642. The first-order valence-corrected chi connectivity index (χ1v) is 6.11. The smallest absolute Gasteiger partial charge is 0.00694 e. The van der Waals surface area contributed by atoms with Gasteiger partial charge in [0.25, 0.3) is 0 Å². The van der Waals surface area contributed by atoms with Crippen LogP contribution < -0.4 is 5.32 Å². The normalized spacial score (nSPS) is 22.1. The van der Waals surface area contributed by atoms with Crippen LogP contribution in [0, 0.1) is 5.92 Å². The lowest BCUT2D eigenvalue weighted by Crippen LogP contribution is -2.38. The van der Waals surface area contributed by atoms with Crippen molar-refractivity contribution < 1.29 is 0 Å². The van der Waals surface area contributed by atoms with Crippen molar-refractivity contribution in [3.8, 4) is 0 Å². The van der Waals surface area contributed by atoms with E-state index in [1.54, 1.807) is 0 Å². The molecule has 0 spiro atoms. The van der Waals surface area contributed by atoms with Crippen molar-refractivity contribution in [2.24, 2.45) is 5.92 Å². The highest BCUT2D eigenvalue weighted by Gasteiger charge is 2.21. The van der Waals surface area contributed by atoms with E-state index in [1.807, 2.05) is 6.08 Å². The Balaban J connectivity index is 2.17. The van der Waals surface area contributed by atoms with Crippen molar-refractivity contribution in [3.63, 3.8) is 0 Å². The van der Waals surface area contributed by atoms with Gasteiger partial charge in [0.05, 0.1) is 0 Å². The highest BCUT2D eigenvalue weighted by atomic mass is 14.9. The zero-order valence-corrected chi connectivity index (χ0v) is 9.76. The fourth-order valence-electron chi connectivity index (χ4n) is 2.49. The largest absolute Gasteiger partial charge is 0.311 e. The summed E-state index contributed by atoms with van der Waals surface area (Å²) >= 11 is 0. The first kappa shape index (κ1) is 11.8. The highest BCUT2D eigenvalue weighted by molar-refractivity contribution is 4.80. The summed E-state index contributed by atoms with van der Waals surface area (Å²) in [6, 6.07) is 1.35. The van der Waals surface area contributed by atoms with Crippen LogP contribution >= 0.6 is 0 Å². The van der Waals surface area contributed by atoms with Gasteiger partial charge in [-0.25, -0.2) is 0 Å². The molecule has 0 aromatic carbocycles. The van der Waals surface area contributed by atoms with Crippen molar-refractivity contribution in [1.29, 1.82) is 0 Å². The molecule has 1 N–H and O–H groups in total. The van der Waals surface area contributed by atoms with Crippen LogP contribution in [0.4, 0.5) is 0 Å². The second-order valence-electron chi connectivity index (χ2n) is 4.77. The molecule has 0 amide bonds. The zero-order chi connectivity index (χ0) is 10.4. The molecule has 0 aliphatic heterocycles. The van der Waals surface area contributed by atoms with Gasteiger partial charge in [0.15, 0.2) is 0 Å². The van der Waals surface area contributed by atoms with E-state index in [9.17, 15) is 0 Å². The Hall–Kier alpha value is -0.300. The minimum Gasteiger partial charge on any atom is -0.311 e. The molecular weight excluding hydrogens is 170 g/mol. The molecule has 14 heavy (non-hydrogen) atoms. The van der Waals surface area contributed by atoms with Crippen molar-refractivity contribution >= 4 is 0 Å². The number of rotatable bonds is 6. The van der Waals surface area contributed by atoms with Crippen molar-refractivity contribution in [1.82, 2.24) is 5.32 Å². The van der Waals surface area contributed by atoms with Gasteiger partial charge in [0, 0.05) is 12.1 Å². The van der Waals surface area contributed by atoms with Gasteiger partial charge < -0.3 is 5.32 Å². The first-order chi connectivity index (χ1) is 6.74. The molecule has 1 aliphatic carbocycles. The second kappa shape index (κ2) is 6.23. The number of hydrogen-bond donors (Lipinski definition) is 1. The molecule has 1 saturated carbocycles. The average Bonchev–Trinajstić information content (AvgIpc) is 2.67. The van der Waals surface area contributed by atoms with Crippen LogP contribution in [-0.2, 0) is 0 Å². The lowest BCUT2D eigenvalue weighted by atomic mass is 9.98. The Labute approximate surface area is 89.0 Å². The highest BCUT2D eigenvalue weighted by Crippen LogP contribution is 2.27. The molecule has 0 radical (unpaired) electrons. The number of nitrogens with one attached hydrogen (secondary N) is 1. The molecule has 1 fully saturated rings. The Bertz CT molecular complexity index is 159. The van der Waals surface area contributed by atoms with Crippen molar-refractivity contribution in [2.75, 3.05) is 0 Å². The minimum atomic E-state index is 0.642. The molecule has 0 aromatic rings. The number of hydrogen-bond acceptors (Lipinski definition) is 1. The molecular formula is C13H25N. The van der Waals surface area contributed by atoms with Crippen LogP contribution in [0.5, 0.6) is 0 Å². The molecule has 1 rings (SSSR count). The molecule has 1 heteroatoms. The molecule has 0 heterocycles. The van der Waals surface area contributed by atoms with Crippen LogP contribution in [0.3, 0.4) is 0 Å². The van der Waals surface area contributed by atoms with Crippen molar-refractivity contribution in [2.45, 2.75) is 64.5 Å². The van der Waals surface area contributed by atoms with Crippen LogP contribution in [0.2, 0.25) is 0 Å². The monoisotopic (exact) mass is 195 g/mol. The van der Waals surface area contributed by atoms with E-state index in [1.165, 1.54) is 32.1 Å². The maximum atomic E-state index is 3.76. The third kappa shape index (κ3) is 3.83. The maximum Gasteiger partial charge on any atom is 0.00694 e. The summed E-state index contributed by atoms with van der Waals surface area (Å²) in [6.07, 6.45) is 10.1. The summed E-state index contributed by atoms with van der Waals surface area (Å²) in [6.45, 7) is 8.40. The standard InChI is InChI=1S/C13H25N/c1-4-5-8-11(2)14-12(3)13-9-6-7-10-13/h4,11-14H,1,5-10H2,2-3H3/t11?,12-/m1/s1. The van der Waals surface area contributed by atoms with Gasteiger partial charge in [-0.05, 0) is 45.4 Å². The fraction of sp³-hybridized carbons (Fsp3) is 0.846. The average molecular weight is 195 g/mol. The van der Waals surface area contributed by atoms with Crippen LogP contribution in [-0.4, -0.2) is 12.1 Å². The SMILES string of the molecule is C=CCCC(C)N[C@H](C)C1CCCC1. The fourth-order valence-corrected chi connectivity index (χ4v) is 2.49. The second-order valence-corrected chi connectivity index (χ2v) is 4.77. The summed E-state index contributed by atoms with van der Waals surface area (Å²) in [5.74, 6) is 0.932. The summed E-state index contributed by atoms with van der Waals surface area (Å²) in [4.78, 5) is 0. The Kier molecular flexibility index (Phi) is 5.24.